The van der Waals surface area contributed by atoms with Crippen LogP contribution in [0.4, 0.5) is 10.2 Å². The van der Waals surface area contributed by atoms with Gasteiger partial charge in [0.1, 0.15) is 17.2 Å². The number of hydrogen-bond donors (Lipinski definition) is 1. The molecule has 2 aromatic heterocycles. The van der Waals surface area contributed by atoms with Crippen molar-refractivity contribution in [1.29, 1.82) is 0 Å². The Balaban J connectivity index is 1.79. The van der Waals surface area contributed by atoms with Gasteiger partial charge in [-0.2, -0.15) is 0 Å². The zero-order chi connectivity index (χ0) is 27.1. The third kappa shape index (κ3) is 5.37. The molecule has 0 radical (unpaired) electrons. The second-order valence-electron chi connectivity index (χ2n) is 11.1. The molecule has 3 aromatic rings. The van der Waals surface area contributed by atoms with E-state index in [2.05, 4.69) is 44.2 Å². The lowest BCUT2D eigenvalue weighted by molar-refractivity contribution is -0.116. The van der Waals surface area contributed by atoms with Crippen LogP contribution in [0, 0.1) is 5.82 Å². The Kier molecular flexibility index (Phi) is 7.11. The number of carbonyl (C=O) groups is 2. The minimum Gasteiger partial charge on any atom is -0.540 e. The summed E-state index contributed by atoms with van der Waals surface area (Å²) in [4.78, 5) is 37.1. The van der Waals surface area contributed by atoms with E-state index in [4.69, 9.17) is 9.41 Å². The number of rotatable bonds is 7. The van der Waals surface area contributed by atoms with Crippen LogP contribution in [0.2, 0.25) is 18.1 Å². The smallest absolute Gasteiger partial charge is 0.274 e. The van der Waals surface area contributed by atoms with Gasteiger partial charge >= 0.3 is 0 Å². The number of fused-ring (bicyclic) bond motifs is 1. The van der Waals surface area contributed by atoms with Crippen LogP contribution in [0.5, 0.6) is 5.75 Å². The number of pyridine rings is 2. The van der Waals surface area contributed by atoms with Crippen LogP contribution in [-0.4, -0.2) is 42.7 Å². The number of nitrogens with zero attached hydrogens (tertiary/aromatic N) is 3. The Labute approximate surface area is 218 Å². The van der Waals surface area contributed by atoms with Crippen molar-refractivity contribution in [3.63, 3.8) is 0 Å². The zero-order valence-electron chi connectivity index (χ0n) is 22.6. The molecule has 0 bridgehead atoms. The van der Waals surface area contributed by atoms with Crippen molar-refractivity contribution in [3.05, 3.63) is 59.7 Å². The monoisotopic (exact) mass is 522 g/mol. The number of aromatic nitrogens is 2. The van der Waals surface area contributed by atoms with E-state index in [1.54, 1.807) is 24.4 Å². The van der Waals surface area contributed by atoms with Gasteiger partial charge in [-0.1, -0.05) is 32.9 Å². The zero-order valence-corrected chi connectivity index (χ0v) is 23.6. The third-order valence-electron chi connectivity index (χ3n) is 7.43. The lowest BCUT2D eigenvalue weighted by Crippen LogP contribution is -2.44. The summed E-state index contributed by atoms with van der Waals surface area (Å²) in [6.07, 6.45) is 2.41. The number of nitrogens with one attached hydrogen (secondary N) is 1. The summed E-state index contributed by atoms with van der Waals surface area (Å²) in [6.45, 7) is 14.3. The Morgan fingerprint density at radius 2 is 1.86 bits per heavy atom. The summed E-state index contributed by atoms with van der Waals surface area (Å²) in [7, 11) is -2.39. The molecule has 1 fully saturated rings. The highest BCUT2D eigenvalue weighted by atomic mass is 28.4. The quantitative estimate of drug-likeness (QED) is 0.396. The highest BCUT2D eigenvalue weighted by molar-refractivity contribution is 6.74. The Hall–Kier alpha value is -3.33. The molecule has 37 heavy (non-hydrogen) atoms. The molecule has 0 saturated heterocycles. The molecule has 0 aliphatic heterocycles. The molecule has 2 heterocycles. The van der Waals surface area contributed by atoms with Gasteiger partial charge in [-0.25, -0.2) is 9.37 Å². The fourth-order valence-corrected chi connectivity index (χ4v) is 5.16. The van der Waals surface area contributed by atoms with Crippen molar-refractivity contribution < 1.29 is 18.4 Å². The van der Waals surface area contributed by atoms with Gasteiger partial charge in [0.2, 0.25) is 5.91 Å². The van der Waals surface area contributed by atoms with Crippen LogP contribution in [0.15, 0.2) is 42.6 Å². The van der Waals surface area contributed by atoms with Gasteiger partial charge in [0.05, 0.1) is 0 Å². The molecule has 1 aliphatic carbocycles. The van der Waals surface area contributed by atoms with Gasteiger partial charge in [0, 0.05) is 37.0 Å². The first-order chi connectivity index (χ1) is 17.3. The molecular formula is C28H35FN4O3Si. The minimum absolute atomic E-state index is 0.0987. The van der Waals surface area contributed by atoms with Crippen LogP contribution in [0.1, 0.15) is 63.0 Å². The number of halogens is 1. The molecule has 1 saturated carbocycles. The van der Waals surface area contributed by atoms with E-state index in [9.17, 15) is 14.0 Å². The number of benzene rings is 1. The molecule has 1 N–H and O–H groups in total. The number of carbonyl (C=O) groups excluding carboxylic acids is 2. The predicted octanol–water partition coefficient (Wildman–Crippen LogP) is 5.81. The predicted molar refractivity (Wildman–Crippen MR) is 146 cm³/mol. The highest BCUT2D eigenvalue weighted by Gasteiger charge is 2.43. The molecule has 196 valence electrons. The van der Waals surface area contributed by atoms with Crippen LogP contribution in [0.25, 0.3) is 10.9 Å². The van der Waals surface area contributed by atoms with Crippen molar-refractivity contribution in [3.8, 4) is 5.75 Å². The van der Waals surface area contributed by atoms with Gasteiger partial charge in [-0.15, -0.1) is 0 Å². The second-order valence-corrected chi connectivity index (χ2v) is 15.8. The Bertz CT molecular complexity index is 1340. The van der Waals surface area contributed by atoms with E-state index in [0.717, 1.165) is 12.0 Å². The van der Waals surface area contributed by atoms with Crippen molar-refractivity contribution in [2.75, 3.05) is 11.4 Å². The SMILES string of the molecule is CCN(C(C)=O)c1nc(C(=O)NC2CC2c2ccc(F)cc2)c(O[Si](C)(C)C(C)(C)C)c2ncccc12. The van der Waals surface area contributed by atoms with E-state index in [0.29, 0.717) is 29.0 Å². The highest BCUT2D eigenvalue weighted by Crippen LogP contribution is 2.43. The second kappa shape index (κ2) is 9.85. The van der Waals surface area contributed by atoms with Gasteiger partial charge in [-0.3, -0.25) is 19.5 Å². The fourth-order valence-electron chi connectivity index (χ4n) is 4.15. The average Bonchev–Trinajstić information content (AvgIpc) is 3.58. The summed E-state index contributed by atoms with van der Waals surface area (Å²) in [5, 5.41) is 3.61. The standard InChI is InChI=1S/C28H35FN4O3Si/c1-8-33(17(2)34)26-20-10-9-15-30-23(20)25(36-37(6,7)28(3,4)5)24(32-26)27(35)31-22-16-21(22)18-11-13-19(29)14-12-18/h9-15,21-22H,8,16H2,1-7H3,(H,31,35). The first-order valence-electron chi connectivity index (χ1n) is 12.7. The van der Waals surface area contributed by atoms with Gasteiger partial charge < -0.3 is 9.74 Å². The summed E-state index contributed by atoms with van der Waals surface area (Å²) in [5.41, 5.74) is 1.61. The van der Waals surface area contributed by atoms with Crippen LogP contribution in [-0.2, 0) is 4.79 Å². The maximum absolute atomic E-state index is 13.7. The molecule has 2 amide bonds. The van der Waals surface area contributed by atoms with E-state index < -0.39 is 8.32 Å². The summed E-state index contributed by atoms with van der Waals surface area (Å²) in [6, 6.07) is 9.90. The van der Waals surface area contributed by atoms with Gasteiger partial charge in [0.25, 0.3) is 14.2 Å². The van der Waals surface area contributed by atoms with Crippen LogP contribution >= 0.6 is 0 Å². The normalized spacial score (nSPS) is 17.4. The first kappa shape index (κ1) is 26.7. The maximum atomic E-state index is 13.7. The summed E-state index contributed by atoms with van der Waals surface area (Å²) < 4.78 is 20.1. The topological polar surface area (TPSA) is 84.4 Å². The number of hydrogen-bond acceptors (Lipinski definition) is 5. The van der Waals surface area contributed by atoms with E-state index in [-0.39, 0.29) is 40.3 Å². The molecule has 2 unspecified atom stereocenters. The van der Waals surface area contributed by atoms with E-state index in [1.165, 1.54) is 24.0 Å². The van der Waals surface area contributed by atoms with Gasteiger partial charge in [-0.05, 0) is 61.3 Å². The Morgan fingerprint density at radius 3 is 2.46 bits per heavy atom. The molecule has 1 aromatic carbocycles. The molecule has 9 heteroatoms. The molecule has 0 spiro atoms. The summed E-state index contributed by atoms with van der Waals surface area (Å²) >= 11 is 0. The van der Waals surface area contributed by atoms with Crippen molar-refractivity contribution in [2.45, 2.75) is 71.1 Å². The lowest BCUT2D eigenvalue weighted by atomic mass is 10.1. The number of amides is 2. The largest absolute Gasteiger partial charge is 0.540 e. The number of anilines is 1. The Morgan fingerprint density at radius 1 is 1.19 bits per heavy atom. The lowest BCUT2D eigenvalue weighted by Gasteiger charge is -2.37. The first-order valence-corrected chi connectivity index (χ1v) is 15.6. The molecule has 2 atom stereocenters. The molecular weight excluding hydrogens is 487 g/mol. The fraction of sp³-hybridized carbons (Fsp3) is 0.429. The van der Waals surface area contributed by atoms with Gasteiger partial charge in [0.15, 0.2) is 11.4 Å². The van der Waals surface area contributed by atoms with Crippen molar-refractivity contribution in [2.24, 2.45) is 0 Å². The van der Waals surface area contributed by atoms with Crippen LogP contribution in [0.3, 0.4) is 0 Å². The minimum atomic E-state index is -2.39. The molecule has 4 rings (SSSR count). The van der Waals surface area contributed by atoms with E-state index >= 15 is 0 Å². The van der Waals surface area contributed by atoms with Crippen molar-refractivity contribution in [1.82, 2.24) is 15.3 Å². The van der Waals surface area contributed by atoms with Crippen molar-refractivity contribution >= 4 is 36.9 Å². The van der Waals surface area contributed by atoms with Crippen LogP contribution < -0.4 is 14.6 Å². The average molecular weight is 523 g/mol. The third-order valence-corrected chi connectivity index (χ3v) is 11.8. The van der Waals surface area contributed by atoms with E-state index in [1.807, 2.05) is 13.0 Å². The maximum Gasteiger partial charge on any atom is 0.274 e. The molecule has 7 nitrogen and oxygen atoms in total. The summed E-state index contributed by atoms with van der Waals surface area (Å²) in [5.74, 6) is -0.000849. The molecule has 1 aliphatic rings.